The van der Waals surface area contributed by atoms with E-state index in [0.717, 1.165) is 21.4 Å². The topological polar surface area (TPSA) is 88.9 Å². The SMILES string of the molecule is COCC(=O)Nc1cc(N2C(=S)NC(c3ccccn3)C2c2ccc(Sc3ccc(Cl)cc3)o2)ccc1OC. The number of methoxy groups -OCH3 is 2. The number of benzene rings is 2. The van der Waals surface area contributed by atoms with Gasteiger partial charge in [0.25, 0.3) is 0 Å². The molecule has 0 spiro atoms. The minimum Gasteiger partial charge on any atom is -0.495 e. The molecule has 1 fully saturated rings. The van der Waals surface area contributed by atoms with E-state index in [2.05, 4.69) is 15.6 Å². The van der Waals surface area contributed by atoms with Crippen LogP contribution in [-0.4, -0.2) is 36.8 Å². The zero-order valence-corrected chi connectivity index (χ0v) is 23.5. The van der Waals surface area contributed by atoms with Gasteiger partial charge in [0.15, 0.2) is 10.2 Å². The third-order valence-electron chi connectivity index (χ3n) is 6.03. The van der Waals surface area contributed by atoms with Gasteiger partial charge in [-0.2, -0.15) is 0 Å². The van der Waals surface area contributed by atoms with E-state index in [9.17, 15) is 4.79 Å². The van der Waals surface area contributed by atoms with Crippen molar-refractivity contribution in [1.29, 1.82) is 0 Å². The molecule has 0 aliphatic carbocycles. The predicted octanol–water partition coefficient (Wildman–Crippen LogP) is 6.25. The lowest BCUT2D eigenvalue weighted by molar-refractivity contribution is -0.119. The summed E-state index contributed by atoms with van der Waals surface area (Å²) in [5, 5.41) is 8.17. The third kappa shape index (κ3) is 6.04. The van der Waals surface area contributed by atoms with E-state index in [4.69, 9.17) is 37.7 Å². The van der Waals surface area contributed by atoms with E-state index in [1.165, 1.54) is 18.9 Å². The number of furan rings is 1. The van der Waals surface area contributed by atoms with E-state index < -0.39 is 0 Å². The first-order chi connectivity index (χ1) is 19.0. The van der Waals surface area contributed by atoms with Crippen LogP contribution >= 0.6 is 35.6 Å². The maximum atomic E-state index is 12.3. The van der Waals surface area contributed by atoms with Gasteiger partial charge in [-0.1, -0.05) is 29.4 Å². The molecule has 2 aromatic heterocycles. The number of rotatable bonds is 9. The highest BCUT2D eigenvalue weighted by Crippen LogP contribution is 2.44. The number of amides is 1. The minimum absolute atomic E-state index is 0.0815. The molecule has 4 aromatic rings. The highest BCUT2D eigenvalue weighted by molar-refractivity contribution is 7.99. The molecular formula is C28H25ClN4O4S2. The Bertz CT molecular complexity index is 1470. The van der Waals surface area contributed by atoms with Gasteiger partial charge < -0.3 is 29.4 Å². The standard InChI is InChI=1S/C28H25ClN4O4S2/c1-35-16-24(34)31-21-15-18(8-11-22(21)36-2)33-27(26(32-28(33)38)20-5-3-4-14-30-20)23-12-13-25(37-23)39-19-9-6-17(29)7-10-19/h3-15,26-27H,16H2,1-2H3,(H,31,34)(H,32,38). The van der Waals surface area contributed by atoms with E-state index in [0.29, 0.717) is 27.3 Å². The van der Waals surface area contributed by atoms with Crippen LogP contribution in [0.15, 0.2) is 93.4 Å². The summed E-state index contributed by atoms with van der Waals surface area (Å²) in [6.07, 6.45) is 1.75. The first-order valence-electron chi connectivity index (χ1n) is 12.0. The van der Waals surface area contributed by atoms with Gasteiger partial charge in [0.2, 0.25) is 5.91 Å². The second kappa shape index (κ2) is 12.1. The molecule has 2 atom stereocenters. The van der Waals surface area contributed by atoms with E-state index in [-0.39, 0.29) is 24.6 Å². The first-order valence-corrected chi connectivity index (χ1v) is 13.6. The quantitative estimate of drug-likeness (QED) is 0.223. The van der Waals surface area contributed by atoms with Gasteiger partial charge in [-0.25, -0.2) is 0 Å². The maximum absolute atomic E-state index is 12.3. The van der Waals surface area contributed by atoms with Crippen LogP contribution < -0.4 is 20.3 Å². The molecule has 8 nitrogen and oxygen atoms in total. The van der Waals surface area contributed by atoms with Gasteiger partial charge in [-0.15, -0.1) is 0 Å². The Balaban J connectivity index is 1.52. The molecule has 5 rings (SSSR count). The summed E-state index contributed by atoms with van der Waals surface area (Å²) < 4.78 is 16.8. The molecular weight excluding hydrogens is 556 g/mol. The number of anilines is 2. The van der Waals surface area contributed by atoms with Crippen LogP contribution in [0.4, 0.5) is 11.4 Å². The van der Waals surface area contributed by atoms with Crippen molar-refractivity contribution in [3.8, 4) is 5.75 Å². The van der Waals surface area contributed by atoms with Crippen LogP contribution in [0.3, 0.4) is 0 Å². The van der Waals surface area contributed by atoms with Crippen molar-refractivity contribution in [2.24, 2.45) is 0 Å². The van der Waals surface area contributed by atoms with Gasteiger partial charge in [0.05, 0.1) is 24.5 Å². The van der Waals surface area contributed by atoms with Crippen molar-refractivity contribution in [3.05, 3.63) is 95.5 Å². The van der Waals surface area contributed by atoms with Gasteiger partial charge in [0, 0.05) is 28.9 Å². The normalized spacial score (nSPS) is 16.7. The van der Waals surface area contributed by atoms with Gasteiger partial charge >= 0.3 is 0 Å². The number of halogens is 1. The molecule has 2 unspecified atom stereocenters. The van der Waals surface area contributed by atoms with Crippen LogP contribution in [0.2, 0.25) is 5.02 Å². The summed E-state index contributed by atoms with van der Waals surface area (Å²) in [6, 6.07) is 22.1. The number of pyridine rings is 1. The Labute approximate surface area is 240 Å². The number of aromatic nitrogens is 1. The van der Waals surface area contributed by atoms with Crippen molar-refractivity contribution in [2.45, 2.75) is 22.1 Å². The van der Waals surface area contributed by atoms with Crippen LogP contribution in [0, 0.1) is 0 Å². The molecule has 1 aliphatic rings. The predicted molar refractivity (Wildman–Crippen MR) is 156 cm³/mol. The van der Waals surface area contributed by atoms with E-state index in [1.54, 1.807) is 19.4 Å². The lowest BCUT2D eigenvalue weighted by Gasteiger charge is -2.27. The number of nitrogens with one attached hydrogen (secondary N) is 2. The fourth-order valence-corrected chi connectivity index (χ4v) is 5.60. The number of carbonyl (C=O) groups is 1. The number of nitrogens with zero attached hydrogens (tertiary/aromatic N) is 2. The monoisotopic (exact) mass is 580 g/mol. The molecule has 0 bridgehead atoms. The van der Waals surface area contributed by atoms with Gasteiger partial charge in [0.1, 0.15) is 24.2 Å². The smallest absolute Gasteiger partial charge is 0.250 e. The average Bonchev–Trinajstić information content (AvgIpc) is 3.54. The van der Waals surface area contributed by atoms with Crippen molar-refractivity contribution in [1.82, 2.24) is 10.3 Å². The molecule has 39 heavy (non-hydrogen) atoms. The number of hydrogen-bond acceptors (Lipinski definition) is 7. The second-order valence-corrected chi connectivity index (χ2v) is 10.5. The summed E-state index contributed by atoms with van der Waals surface area (Å²) in [6.45, 7) is -0.0815. The van der Waals surface area contributed by atoms with Gasteiger partial charge in [-0.05, 0) is 78.9 Å². The average molecular weight is 581 g/mol. The van der Waals surface area contributed by atoms with Crippen molar-refractivity contribution < 1.29 is 18.7 Å². The minimum atomic E-state index is -0.358. The Hall–Kier alpha value is -3.57. The zero-order chi connectivity index (χ0) is 27.4. The van der Waals surface area contributed by atoms with Crippen LogP contribution in [0.5, 0.6) is 5.75 Å². The zero-order valence-electron chi connectivity index (χ0n) is 21.1. The Morgan fingerprint density at radius 1 is 1.15 bits per heavy atom. The molecule has 11 heteroatoms. The van der Waals surface area contributed by atoms with Crippen LogP contribution in [0.25, 0.3) is 0 Å². The van der Waals surface area contributed by atoms with Gasteiger partial charge in [-0.3, -0.25) is 9.78 Å². The maximum Gasteiger partial charge on any atom is 0.250 e. The molecule has 1 amide bonds. The van der Waals surface area contributed by atoms with E-state index >= 15 is 0 Å². The highest BCUT2D eigenvalue weighted by Gasteiger charge is 2.42. The van der Waals surface area contributed by atoms with Crippen molar-refractivity contribution >= 4 is 58.0 Å². The fraction of sp³-hybridized carbons (Fsp3) is 0.179. The molecule has 0 saturated carbocycles. The molecule has 0 radical (unpaired) electrons. The third-order valence-corrected chi connectivity index (χ3v) is 7.53. The van der Waals surface area contributed by atoms with Crippen molar-refractivity contribution in [2.75, 3.05) is 31.0 Å². The molecule has 1 saturated heterocycles. The molecule has 2 aromatic carbocycles. The Kier molecular flexibility index (Phi) is 8.37. The second-order valence-electron chi connectivity index (χ2n) is 8.58. The lowest BCUT2D eigenvalue weighted by atomic mass is 10.0. The van der Waals surface area contributed by atoms with Crippen LogP contribution in [0.1, 0.15) is 23.5 Å². The highest BCUT2D eigenvalue weighted by atomic mass is 35.5. The fourth-order valence-electron chi connectivity index (χ4n) is 4.35. The largest absolute Gasteiger partial charge is 0.495 e. The Morgan fingerprint density at radius 3 is 2.69 bits per heavy atom. The summed E-state index contributed by atoms with van der Waals surface area (Å²) in [7, 11) is 3.01. The number of carbonyl (C=O) groups excluding carboxylic acids is 1. The molecule has 1 aliphatic heterocycles. The number of thiocarbonyl (C=S) groups is 1. The summed E-state index contributed by atoms with van der Waals surface area (Å²) in [5.74, 6) is 0.918. The summed E-state index contributed by atoms with van der Waals surface area (Å²) in [4.78, 5) is 19.9. The molecule has 200 valence electrons. The lowest BCUT2D eigenvalue weighted by Crippen LogP contribution is -2.29. The molecule has 3 heterocycles. The van der Waals surface area contributed by atoms with Crippen molar-refractivity contribution in [3.63, 3.8) is 0 Å². The van der Waals surface area contributed by atoms with Crippen LogP contribution in [-0.2, 0) is 9.53 Å². The number of ether oxygens (including phenoxy) is 2. The summed E-state index contributed by atoms with van der Waals surface area (Å²) in [5.41, 5.74) is 2.06. The molecule has 2 N–H and O–H groups in total. The van der Waals surface area contributed by atoms with E-state index in [1.807, 2.05) is 71.6 Å². The Morgan fingerprint density at radius 2 is 1.97 bits per heavy atom. The summed E-state index contributed by atoms with van der Waals surface area (Å²) >= 11 is 13.4. The first kappa shape index (κ1) is 27.0. The number of hydrogen-bond donors (Lipinski definition) is 2.